The Morgan fingerprint density at radius 2 is 2.00 bits per heavy atom. The number of esters is 1. The van der Waals surface area contributed by atoms with Crippen LogP contribution in [0.1, 0.15) is 65.7 Å². The van der Waals surface area contributed by atoms with E-state index >= 15 is 0 Å². The summed E-state index contributed by atoms with van der Waals surface area (Å²) in [5.74, 6) is 1.44. The van der Waals surface area contributed by atoms with E-state index in [9.17, 15) is 9.59 Å². The third kappa shape index (κ3) is 2.16. The topological polar surface area (TPSA) is 43.4 Å². The van der Waals surface area contributed by atoms with E-state index in [4.69, 9.17) is 4.74 Å². The van der Waals surface area contributed by atoms with Gasteiger partial charge < -0.3 is 4.74 Å². The number of allylic oxidation sites excluding steroid dienone is 3. The molecule has 2 fully saturated rings. The molecule has 3 heteroatoms. The predicted molar refractivity (Wildman–Crippen MR) is 92.2 cm³/mol. The number of carbonyl (C=O) groups is 2. The van der Waals surface area contributed by atoms with Crippen LogP contribution in [0.4, 0.5) is 0 Å². The maximum absolute atomic E-state index is 12.4. The van der Waals surface area contributed by atoms with Crippen molar-refractivity contribution in [3.8, 4) is 0 Å². The molecule has 0 N–H and O–H groups in total. The minimum absolute atomic E-state index is 0.0551. The van der Waals surface area contributed by atoms with Gasteiger partial charge in [-0.2, -0.15) is 0 Å². The van der Waals surface area contributed by atoms with Crippen LogP contribution in [-0.4, -0.2) is 17.9 Å². The quantitative estimate of drug-likeness (QED) is 0.530. The summed E-state index contributed by atoms with van der Waals surface area (Å²) in [4.78, 5) is 23.7. The van der Waals surface area contributed by atoms with Crippen molar-refractivity contribution in [3.05, 3.63) is 23.3 Å². The molecule has 0 aliphatic heterocycles. The van der Waals surface area contributed by atoms with E-state index in [0.717, 1.165) is 38.5 Å². The first-order valence-electron chi connectivity index (χ1n) is 9.45. The molecule has 0 amide bonds. The van der Waals surface area contributed by atoms with Gasteiger partial charge in [-0.05, 0) is 56.3 Å². The molecule has 0 bridgehead atoms. The number of Topliss-reactive ketones (excluding diaryl/α,β-unsaturated/α-hetero) is 1. The molecule has 0 aromatic rings. The van der Waals surface area contributed by atoms with Crippen molar-refractivity contribution in [3.63, 3.8) is 0 Å². The summed E-state index contributed by atoms with van der Waals surface area (Å²) in [6.45, 7) is 6.09. The van der Waals surface area contributed by atoms with Gasteiger partial charge in [0, 0.05) is 25.2 Å². The standard InChI is InChI=1S/C21H28O3/c1-13(22)24-15-8-10-20(2)14(12-15)4-5-16-17-6-7-19(23)21(17,3)11-9-18(16)20/h4,6,15-16,18H,5,7-12H2,1-3H3. The Morgan fingerprint density at radius 1 is 1.21 bits per heavy atom. The molecule has 130 valence electrons. The van der Waals surface area contributed by atoms with Crippen molar-refractivity contribution >= 4 is 11.8 Å². The van der Waals surface area contributed by atoms with Gasteiger partial charge in [-0.25, -0.2) is 0 Å². The third-order valence-electron chi connectivity index (χ3n) is 7.54. The molecule has 0 aromatic carbocycles. The second-order valence-corrected chi connectivity index (χ2v) is 8.73. The Labute approximate surface area is 144 Å². The molecule has 5 atom stereocenters. The Bertz CT molecular complexity index is 658. The van der Waals surface area contributed by atoms with E-state index in [1.54, 1.807) is 0 Å². The number of fused-ring (bicyclic) bond motifs is 5. The van der Waals surface area contributed by atoms with Crippen molar-refractivity contribution in [2.45, 2.75) is 71.8 Å². The van der Waals surface area contributed by atoms with Crippen LogP contribution in [0, 0.1) is 22.7 Å². The minimum atomic E-state index is -0.183. The Kier molecular flexibility index (Phi) is 3.56. The first-order chi connectivity index (χ1) is 11.3. The predicted octanol–water partition coefficient (Wildman–Crippen LogP) is 4.37. The van der Waals surface area contributed by atoms with Crippen LogP contribution in [0.2, 0.25) is 0 Å². The van der Waals surface area contributed by atoms with Gasteiger partial charge in [-0.3, -0.25) is 9.59 Å². The summed E-state index contributed by atoms with van der Waals surface area (Å²) in [6.07, 6.45) is 11.5. The lowest BCUT2D eigenvalue weighted by Crippen LogP contribution is -2.48. The number of carbonyl (C=O) groups excluding carboxylic acids is 2. The van der Waals surface area contributed by atoms with Gasteiger partial charge in [-0.1, -0.05) is 30.2 Å². The Hall–Kier alpha value is -1.38. The normalized spacial score (nSPS) is 44.0. The van der Waals surface area contributed by atoms with Gasteiger partial charge in [0.15, 0.2) is 0 Å². The lowest BCUT2D eigenvalue weighted by Gasteiger charge is -2.55. The lowest BCUT2D eigenvalue weighted by molar-refractivity contribution is -0.148. The lowest BCUT2D eigenvalue weighted by atomic mass is 9.49. The van der Waals surface area contributed by atoms with E-state index in [1.807, 2.05) is 0 Å². The van der Waals surface area contributed by atoms with E-state index in [0.29, 0.717) is 24.0 Å². The monoisotopic (exact) mass is 328 g/mol. The van der Waals surface area contributed by atoms with E-state index in [1.165, 1.54) is 18.1 Å². The SMILES string of the molecule is CC(=O)OC1CCC2(C)C(=CCC3C4=CCC(=O)C4(C)CCC32)C1. The van der Waals surface area contributed by atoms with Crippen molar-refractivity contribution in [1.29, 1.82) is 0 Å². The number of ether oxygens (including phenoxy) is 1. The minimum Gasteiger partial charge on any atom is -0.462 e. The zero-order valence-electron chi connectivity index (χ0n) is 15.1. The highest BCUT2D eigenvalue weighted by Gasteiger charge is 2.55. The number of hydrogen-bond donors (Lipinski definition) is 0. The number of ketones is 1. The summed E-state index contributed by atoms with van der Waals surface area (Å²) in [5, 5.41) is 0. The van der Waals surface area contributed by atoms with E-state index < -0.39 is 0 Å². The molecule has 5 unspecified atom stereocenters. The van der Waals surface area contributed by atoms with Crippen molar-refractivity contribution in [1.82, 2.24) is 0 Å². The van der Waals surface area contributed by atoms with Crippen LogP contribution >= 0.6 is 0 Å². The number of hydrogen-bond acceptors (Lipinski definition) is 3. The van der Waals surface area contributed by atoms with E-state index in [-0.39, 0.29) is 22.9 Å². The first kappa shape index (κ1) is 16.1. The van der Waals surface area contributed by atoms with Gasteiger partial charge in [-0.15, -0.1) is 0 Å². The third-order valence-corrected chi connectivity index (χ3v) is 7.54. The van der Waals surface area contributed by atoms with Gasteiger partial charge >= 0.3 is 5.97 Å². The molecule has 0 radical (unpaired) electrons. The molecule has 3 nitrogen and oxygen atoms in total. The highest BCUT2D eigenvalue weighted by molar-refractivity contribution is 5.92. The zero-order chi connectivity index (χ0) is 17.1. The smallest absolute Gasteiger partial charge is 0.302 e. The highest BCUT2D eigenvalue weighted by Crippen LogP contribution is 2.62. The Balaban J connectivity index is 1.62. The molecule has 0 spiro atoms. The van der Waals surface area contributed by atoms with Gasteiger partial charge in [0.25, 0.3) is 0 Å². The summed E-state index contributed by atoms with van der Waals surface area (Å²) in [6, 6.07) is 0. The average molecular weight is 328 g/mol. The second kappa shape index (κ2) is 5.31. The van der Waals surface area contributed by atoms with Crippen LogP contribution in [-0.2, 0) is 14.3 Å². The average Bonchev–Trinajstić information content (AvgIpc) is 2.83. The molecular weight excluding hydrogens is 300 g/mol. The molecule has 4 rings (SSSR count). The van der Waals surface area contributed by atoms with Crippen LogP contribution in [0.3, 0.4) is 0 Å². The van der Waals surface area contributed by atoms with Gasteiger partial charge in [0.05, 0.1) is 0 Å². The molecule has 4 aliphatic carbocycles. The highest BCUT2D eigenvalue weighted by atomic mass is 16.5. The van der Waals surface area contributed by atoms with Gasteiger partial charge in [0.2, 0.25) is 0 Å². The second-order valence-electron chi connectivity index (χ2n) is 8.73. The Morgan fingerprint density at radius 3 is 2.75 bits per heavy atom. The fraction of sp³-hybridized carbons (Fsp3) is 0.714. The summed E-state index contributed by atoms with van der Waals surface area (Å²) in [7, 11) is 0. The van der Waals surface area contributed by atoms with E-state index in [2.05, 4.69) is 26.0 Å². The van der Waals surface area contributed by atoms with Crippen molar-refractivity contribution < 1.29 is 14.3 Å². The fourth-order valence-corrected chi connectivity index (χ4v) is 6.12. The first-order valence-corrected chi connectivity index (χ1v) is 9.45. The summed E-state index contributed by atoms with van der Waals surface area (Å²) < 4.78 is 5.48. The largest absolute Gasteiger partial charge is 0.462 e. The molecule has 2 saturated carbocycles. The van der Waals surface area contributed by atoms with Gasteiger partial charge in [0.1, 0.15) is 11.9 Å². The fourth-order valence-electron chi connectivity index (χ4n) is 6.12. The molecule has 24 heavy (non-hydrogen) atoms. The van der Waals surface area contributed by atoms with Crippen LogP contribution in [0.25, 0.3) is 0 Å². The molecule has 0 aromatic heterocycles. The summed E-state index contributed by atoms with van der Waals surface area (Å²) >= 11 is 0. The van der Waals surface area contributed by atoms with Crippen molar-refractivity contribution in [2.24, 2.45) is 22.7 Å². The van der Waals surface area contributed by atoms with Crippen LogP contribution in [0.5, 0.6) is 0 Å². The van der Waals surface area contributed by atoms with Crippen molar-refractivity contribution in [2.75, 3.05) is 0 Å². The van der Waals surface area contributed by atoms with Crippen LogP contribution in [0.15, 0.2) is 23.3 Å². The zero-order valence-corrected chi connectivity index (χ0v) is 15.1. The molecule has 4 aliphatic rings. The summed E-state index contributed by atoms with van der Waals surface area (Å²) in [5.41, 5.74) is 2.96. The molecule has 0 heterocycles. The molecular formula is C21H28O3. The van der Waals surface area contributed by atoms with Crippen LogP contribution < -0.4 is 0 Å². The maximum Gasteiger partial charge on any atom is 0.302 e. The molecule has 0 saturated heterocycles. The number of rotatable bonds is 1. The maximum atomic E-state index is 12.4.